The zero-order valence-corrected chi connectivity index (χ0v) is 14.3. The fraction of sp³-hybridized carbons (Fsp3) is 0.611. The van der Waals surface area contributed by atoms with Crippen molar-refractivity contribution in [1.29, 1.82) is 0 Å². The van der Waals surface area contributed by atoms with Gasteiger partial charge in [-0.1, -0.05) is 17.7 Å². The van der Waals surface area contributed by atoms with E-state index in [-0.39, 0.29) is 18.0 Å². The smallest absolute Gasteiger partial charge is 0.223 e. The van der Waals surface area contributed by atoms with Gasteiger partial charge in [0.05, 0.1) is 6.61 Å². The number of amides is 1. The first kappa shape index (κ1) is 17.5. The number of benzene rings is 1. The number of carbonyl (C=O) groups excluding carboxylic acids is 1. The molecule has 21 heavy (non-hydrogen) atoms. The van der Waals surface area contributed by atoms with Gasteiger partial charge < -0.3 is 9.64 Å². The van der Waals surface area contributed by atoms with Crippen LogP contribution in [0.4, 0.5) is 0 Å². The molecule has 0 aliphatic heterocycles. The Hall–Kier alpha value is -1.51. The van der Waals surface area contributed by atoms with Crippen LogP contribution in [0.15, 0.2) is 18.2 Å². The number of carbonyl (C=O) groups is 1. The third-order valence-corrected chi connectivity index (χ3v) is 3.52. The average molecular weight is 291 g/mol. The summed E-state index contributed by atoms with van der Waals surface area (Å²) in [6, 6.07) is 6.66. The molecule has 0 unspecified atom stereocenters. The highest BCUT2D eigenvalue weighted by Gasteiger charge is 2.19. The standard InChI is InChI=1S/C18H29NO2/c1-13(2)19(14(3)4)18(20)8-7-11-21-17-10-9-15(5)12-16(17)6/h9-10,12-14H,7-8,11H2,1-6H3. The minimum Gasteiger partial charge on any atom is -0.493 e. The first-order valence-corrected chi connectivity index (χ1v) is 7.84. The lowest BCUT2D eigenvalue weighted by atomic mass is 10.1. The van der Waals surface area contributed by atoms with Crippen molar-refractivity contribution in [2.45, 2.75) is 66.5 Å². The third kappa shape index (κ3) is 5.41. The van der Waals surface area contributed by atoms with E-state index in [1.165, 1.54) is 5.56 Å². The topological polar surface area (TPSA) is 29.5 Å². The van der Waals surface area contributed by atoms with Gasteiger partial charge in [0.25, 0.3) is 0 Å². The highest BCUT2D eigenvalue weighted by atomic mass is 16.5. The predicted molar refractivity (Wildman–Crippen MR) is 87.8 cm³/mol. The number of aryl methyl sites for hydroxylation is 2. The van der Waals surface area contributed by atoms with E-state index in [0.717, 1.165) is 17.7 Å². The second-order valence-electron chi connectivity index (χ2n) is 6.21. The Bertz CT molecular complexity index is 458. The predicted octanol–water partition coefficient (Wildman–Crippen LogP) is 4.11. The SMILES string of the molecule is Cc1ccc(OCCCC(=O)N(C(C)C)C(C)C)c(C)c1. The first-order chi connectivity index (χ1) is 9.82. The fourth-order valence-electron chi connectivity index (χ4n) is 2.67. The number of nitrogens with zero attached hydrogens (tertiary/aromatic N) is 1. The summed E-state index contributed by atoms with van der Waals surface area (Å²) in [5.41, 5.74) is 2.38. The number of hydrogen-bond donors (Lipinski definition) is 0. The van der Waals surface area contributed by atoms with Crippen molar-refractivity contribution < 1.29 is 9.53 Å². The van der Waals surface area contributed by atoms with E-state index in [9.17, 15) is 4.79 Å². The van der Waals surface area contributed by atoms with Crippen LogP contribution in [0.5, 0.6) is 5.75 Å². The van der Waals surface area contributed by atoms with Crippen LogP contribution < -0.4 is 4.74 Å². The molecule has 0 aromatic heterocycles. The Kier molecular flexibility index (Phi) is 6.73. The lowest BCUT2D eigenvalue weighted by molar-refractivity contribution is -0.135. The van der Waals surface area contributed by atoms with Gasteiger partial charge in [-0.15, -0.1) is 0 Å². The van der Waals surface area contributed by atoms with Gasteiger partial charge >= 0.3 is 0 Å². The molecule has 1 amide bonds. The number of rotatable bonds is 7. The largest absolute Gasteiger partial charge is 0.493 e. The molecule has 118 valence electrons. The first-order valence-electron chi connectivity index (χ1n) is 7.84. The van der Waals surface area contributed by atoms with Crippen molar-refractivity contribution in [3.05, 3.63) is 29.3 Å². The maximum absolute atomic E-state index is 12.2. The molecule has 0 spiro atoms. The molecule has 0 bridgehead atoms. The minimum atomic E-state index is 0.212. The Balaban J connectivity index is 2.41. The summed E-state index contributed by atoms with van der Waals surface area (Å²) in [7, 11) is 0. The quantitative estimate of drug-likeness (QED) is 0.708. The van der Waals surface area contributed by atoms with Gasteiger partial charge in [-0.05, 0) is 59.6 Å². The molecule has 0 atom stereocenters. The molecule has 1 aromatic rings. The second-order valence-corrected chi connectivity index (χ2v) is 6.21. The zero-order valence-electron chi connectivity index (χ0n) is 14.3. The Morgan fingerprint density at radius 1 is 1.14 bits per heavy atom. The van der Waals surface area contributed by atoms with Gasteiger partial charge in [0.1, 0.15) is 5.75 Å². The van der Waals surface area contributed by atoms with Gasteiger partial charge in [-0.3, -0.25) is 4.79 Å². The molecular formula is C18H29NO2. The molecule has 0 aliphatic rings. The van der Waals surface area contributed by atoms with Crippen molar-refractivity contribution in [2.24, 2.45) is 0 Å². The number of hydrogen-bond acceptors (Lipinski definition) is 2. The molecule has 0 aliphatic carbocycles. The summed E-state index contributed by atoms with van der Waals surface area (Å²) in [4.78, 5) is 14.2. The maximum atomic E-state index is 12.2. The molecule has 0 heterocycles. The second kappa shape index (κ2) is 8.06. The lowest BCUT2D eigenvalue weighted by Gasteiger charge is -2.30. The van der Waals surface area contributed by atoms with E-state index in [2.05, 4.69) is 40.7 Å². The summed E-state index contributed by atoms with van der Waals surface area (Å²) < 4.78 is 5.77. The number of ether oxygens (including phenoxy) is 1. The highest BCUT2D eigenvalue weighted by molar-refractivity contribution is 5.76. The van der Waals surface area contributed by atoms with Crippen LogP contribution in [0.3, 0.4) is 0 Å². The fourth-order valence-corrected chi connectivity index (χ4v) is 2.67. The molecule has 0 radical (unpaired) electrons. The van der Waals surface area contributed by atoms with E-state index < -0.39 is 0 Å². The summed E-state index contributed by atoms with van der Waals surface area (Å²) in [5, 5.41) is 0. The van der Waals surface area contributed by atoms with Crippen LogP contribution in [0.25, 0.3) is 0 Å². The molecule has 0 N–H and O–H groups in total. The summed E-state index contributed by atoms with van der Waals surface area (Å²) in [5.74, 6) is 1.13. The van der Waals surface area contributed by atoms with E-state index >= 15 is 0 Å². The van der Waals surface area contributed by atoms with E-state index in [1.54, 1.807) is 0 Å². The van der Waals surface area contributed by atoms with Crippen molar-refractivity contribution in [3.8, 4) is 5.75 Å². The van der Waals surface area contributed by atoms with Gasteiger partial charge in [-0.2, -0.15) is 0 Å². The van der Waals surface area contributed by atoms with Gasteiger partial charge in [0, 0.05) is 18.5 Å². The van der Waals surface area contributed by atoms with Crippen molar-refractivity contribution in [1.82, 2.24) is 4.90 Å². The molecular weight excluding hydrogens is 262 g/mol. The van der Waals surface area contributed by atoms with Crippen molar-refractivity contribution >= 4 is 5.91 Å². The van der Waals surface area contributed by atoms with E-state index in [1.807, 2.05) is 24.0 Å². The van der Waals surface area contributed by atoms with Crippen LogP contribution >= 0.6 is 0 Å². The molecule has 3 heteroatoms. The van der Waals surface area contributed by atoms with Crippen LogP contribution in [-0.4, -0.2) is 29.5 Å². The van der Waals surface area contributed by atoms with Gasteiger partial charge in [0.2, 0.25) is 5.91 Å². The Morgan fingerprint density at radius 2 is 1.76 bits per heavy atom. The molecule has 0 saturated heterocycles. The highest BCUT2D eigenvalue weighted by Crippen LogP contribution is 2.19. The van der Waals surface area contributed by atoms with Crippen molar-refractivity contribution in [2.75, 3.05) is 6.61 Å². The summed E-state index contributed by atoms with van der Waals surface area (Å²) >= 11 is 0. The molecule has 1 rings (SSSR count). The van der Waals surface area contributed by atoms with E-state index in [0.29, 0.717) is 13.0 Å². The third-order valence-electron chi connectivity index (χ3n) is 3.52. The van der Waals surface area contributed by atoms with E-state index in [4.69, 9.17) is 4.74 Å². The molecule has 0 saturated carbocycles. The van der Waals surface area contributed by atoms with Crippen LogP contribution in [0, 0.1) is 13.8 Å². The van der Waals surface area contributed by atoms with Gasteiger partial charge in [0.15, 0.2) is 0 Å². The van der Waals surface area contributed by atoms with Crippen molar-refractivity contribution in [3.63, 3.8) is 0 Å². The van der Waals surface area contributed by atoms with Crippen LogP contribution in [-0.2, 0) is 4.79 Å². The van der Waals surface area contributed by atoms with Crippen LogP contribution in [0.1, 0.15) is 51.7 Å². The Labute approximate surface area is 129 Å². The average Bonchev–Trinajstić information content (AvgIpc) is 2.35. The maximum Gasteiger partial charge on any atom is 0.223 e. The molecule has 0 fully saturated rings. The van der Waals surface area contributed by atoms with Gasteiger partial charge in [-0.25, -0.2) is 0 Å². The zero-order chi connectivity index (χ0) is 16.0. The molecule has 1 aromatic carbocycles. The monoisotopic (exact) mass is 291 g/mol. The normalized spacial score (nSPS) is 11.0. The summed E-state index contributed by atoms with van der Waals surface area (Å²) in [6.45, 7) is 12.9. The van der Waals surface area contributed by atoms with Crippen LogP contribution in [0.2, 0.25) is 0 Å². The summed E-state index contributed by atoms with van der Waals surface area (Å²) in [6.07, 6.45) is 1.29. The Morgan fingerprint density at radius 3 is 2.29 bits per heavy atom. The molecule has 3 nitrogen and oxygen atoms in total. The minimum absolute atomic E-state index is 0.212. The lowest BCUT2D eigenvalue weighted by Crippen LogP contribution is -2.42.